The zero-order chi connectivity index (χ0) is 22.1. The molecule has 0 N–H and O–H groups in total. The van der Waals surface area contributed by atoms with Crippen LogP contribution in [0.3, 0.4) is 0 Å². The van der Waals surface area contributed by atoms with Gasteiger partial charge in [0.15, 0.2) is 0 Å². The summed E-state index contributed by atoms with van der Waals surface area (Å²) in [6.07, 6.45) is 14.2. The highest BCUT2D eigenvalue weighted by Gasteiger charge is 2.29. The van der Waals surface area contributed by atoms with Gasteiger partial charge in [-0.25, -0.2) is 4.39 Å². The van der Waals surface area contributed by atoms with E-state index in [1.165, 1.54) is 63.5 Å². The van der Waals surface area contributed by atoms with Crippen molar-refractivity contribution in [3.05, 3.63) is 29.6 Å². The molecule has 0 saturated heterocycles. The van der Waals surface area contributed by atoms with Crippen LogP contribution in [0.1, 0.15) is 89.5 Å². The Morgan fingerprint density at radius 1 is 1.06 bits per heavy atom. The van der Waals surface area contributed by atoms with Gasteiger partial charge in [-0.3, -0.25) is 4.79 Å². The Kier molecular flexibility index (Phi) is 9.33. The van der Waals surface area contributed by atoms with E-state index in [9.17, 15) is 9.18 Å². The molecular formula is C26H36FNO3. The summed E-state index contributed by atoms with van der Waals surface area (Å²) >= 11 is 0. The van der Waals surface area contributed by atoms with Crippen molar-refractivity contribution in [3.8, 4) is 11.8 Å². The maximum atomic E-state index is 13.7. The Labute approximate surface area is 186 Å². The Balaban J connectivity index is 1.32. The van der Waals surface area contributed by atoms with Crippen LogP contribution in [0.4, 0.5) is 4.39 Å². The largest absolute Gasteiger partial charge is 0.426 e. The van der Waals surface area contributed by atoms with E-state index in [1.54, 1.807) is 6.07 Å². The van der Waals surface area contributed by atoms with Gasteiger partial charge in [-0.15, -0.1) is 0 Å². The number of hydrogen-bond acceptors (Lipinski definition) is 4. The molecule has 3 rings (SSSR count). The van der Waals surface area contributed by atoms with E-state index in [2.05, 4.69) is 6.92 Å². The van der Waals surface area contributed by atoms with Gasteiger partial charge in [0, 0.05) is 12.7 Å². The summed E-state index contributed by atoms with van der Waals surface area (Å²) in [5, 5.41) is 8.79. The molecule has 2 aliphatic carbocycles. The standard InChI is InChI=1S/C26H36FNO3/c1-2-3-4-5-19-6-8-20(9-7-19)18-30-23-13-10-21(11-14-23)26(29)31-24-15-12-22(17-28)25(27)16-24/h12,15-16,19-21,23H,2-11,13-14,18H2,1H3/t19-,20-,21-,23-. The van der Waals surface area contributed by atoms with Gasteiger partial charge in [0.1, 0.15) is 17.6 Å². The second-order valence-corrected chi connectivity index (χ2v) is 9.36. The molecule has 0 aromatic heterocycles. The first-order chi connectivity index (χ1) is 15.1. The summed E-state index contributed by atoms with van der Waals surface area (Å²) in [5.74, 6) is 0.622. The number of carbonyl (C=O) groups excluding carboxylic acids is 1. The molecule has 0 heterocycles. The average molecular weight is 430 g/mol. The van der Waals surface area contributed by atoms with Gasteiger partial charge >= 0.3 is 5.97 Å². The topological polar surface area (TPSA) is 59.3 Å². The number of rotatable bonds is 9. The average Bonchev–Trinajstić information content (AvgIpc) is 2.79. The number of nitrogens with zero attached hydrogens (tertiary/aromatic N) is 1. The summed E-state index contributed by atoms with van der Waals surface area (Å²) in [6, 6.07) is 5.66. The molecule has 1 aromatic carbocycles. The summed E-state index contributed by atoms with van der Waals surface area (Å²) in [4.78, 5) is 12.4. The molecule has 0 spiro atoms. The number of carbonyl (C=O) groups is 1. The minimum atomic E-state index is -0.667. The van der Waals surface area contributed by atoms with Crippen molar-refractivity contribution >= 4 is 5.97 Å². The third-order valence-electron chi connectivity index (χ3n) is 7.04. The molecular weight excluding hydrogens is 393 g/mol. The molecule has 0 aliphatic heterocycles. The molecule has 4 nitrogen and oxygen atoms in total. The third-order valence-corrected chi connectivity index (χ3v) is 7.04. The predicted molar refractivity (Wildman–Crippen MR) is 118 cm³/mol. The zero-order valence-corrected chi connectivity index (χ0v) is 18.8. The number of esters is 1. The lowest BCUT2D eigenvalue weighted by Gasteiger charge is -2.31. The van der Waals surface area contributed by atoms with E-state index in [4.69, 9.17) is 14.7 Å². The van der Waals surface area contributed by atoms with E-state index < -0.39 is 5.82 Å². The SMILES string of the molecule is CCCCC[C@H]1CC[C@H](CO[C@H]2CC[C@H](C(=O)Oc3ccc(C#N)c(F)c3)CC2)CC1. The molecule has 0 radical (unpaired) electrons. The summed E-state index contributed by atoms with van der Waals surface area (Å²) in [6.45, 7) is 3.12. The summed E-state index contributed by atoms with van der Waals surface area (Å²) < 4.78 is 25.2. The van der Waals surface area contributed by atoms with Crippen molar-refractivity contribution in [1.29, 1.82) is 5.26 Å². The first kappa shape index (κ1) is 23.7. The number of ether oxygens (including phenoxy) is 2. The van der Waals surface area contributed by atoms with Crippen LogP contribution in [0.5, 0.6) is 5.75 Å². The number of hydrogen-bond donors (Lipinski definition) is 0. The number of unbranched alkanes of at least 4 members (excludes halogenated alkanes) is 2. The highest BCUT2D eigenvalue weighted by Crippen LogP contribution is 2.34. The highest BCUT2D eigenvalue weighted by atomic mass is 19.1. The number of halogens is 1. The van der Waals surface area contributed by atoms with Crippen LogP contribution in [0.25, 0.3) is 0 Å². The lowest BCUT2D eigenvalue weighted by molar-refractivity contribution is -0.141. The molecule has 0 bridgehead atoms. The van der Waals surface area contributed by atoms with Crippen LogP contribution < -0.4 is 4.74 Å². The van der Waals surface area contributed by atoms with Gasteiger partial charge in [-0.2, -0.15) is 5.26 Å². The van der Waals surface area contributed by atoms with Crippen LogP contribution in [-0.4, -0.2) is 18.7 Å². The first-order valence-corrected chi connectivity index (χ1v) is 12.1. The molecule has 31 heavy (non-hydrogen) atoms. The van der Waals surface area contributed by atoms with Gasteiger partial charge in [-0.1, -0.05) is 45.4 Å². The molecule has 0 atom stereocenters. The van der Waals surface area contributed by atoms with Crippen molar-refractivity contribution in [2.75, 3.05) is 6.61 Å². The van der Waals surface area contributed by atoms with Gasteiger partial charge in [-0.05, 0) is 62.5 Å². The molecule has 170 valence electrons. The van der Waals surface area contributed by atoms with Crippen molar-refractivity contribution in [2.45, 2.75) is 90.1 Å². The van der Waals surface area contributed by atoms with Crippen molar-refractivity contribution < 1.29 is 18.7 Å². The molecule has 1 aromatic rings. The van der Waals surface area contributed by atoms with Gasteiger partial charge in [0.2, 0.25) is 0 Å². The fourth-order valence-electron chi connectivity index (χ4n) is 4.96. The zero-order valence-electron chi connectivity index (χ0n) is 18.8. The second kappa shape index (κ2) is 12.2. The van der Waals surface area contributed by atoms with E-state index in [0.29, 0.717) is 5.92 Å². The van der Waals surface area contributed by atoms with Crippen LogP contribution in [-0.2, 0) is 9.53 Å². The highest BCUT2D eigenvalue weighted by molar-refractivity contribution is 5.75. The van der Waals surface area contributed by atoms with E-state index in [0.717, 1.165) is 44.3 Å². The van der Waals surface area contributed by atoms with Crippen LogP contribution in [0.15, 0.2) is 18.2 Å². The van der Waals surface area contributed by atoms with E-state index in [1.807, 2.05) is 0 Å². The summed E-state index contributed by atoms with van der Waals surface area (Å²) in [5.41, 5.74) is -0.0533. The minimum absolute atomic E-state index is 0.0533. The van der Waals surface area contributed by atoms with Crippen LogP contribution in [0.2, 0.25) is 0 Å². The molecule has 2 aliphatic rings. The second-order valence-electron chi connectivity index (χ2n) is 9.36. The maximum absolute atomic E-state index is 13.7. The van der Waals surface area contributed by atoms with Crippen LogP contribution >= 0.6 is 0 Å². The quantitative estimate of drug-likeness (QED) is 0.253. The van der Waals surface area contributed by atoms with E-state index in [-0.39, 0.29) is 29.3 Å². The maximum Gasteiger partial charge on any atom is 0.314 e. The summed E-state index contributed by atoms with van der Waals surface area (Å²) in [7, 11) is 0. The monoisotopic (exact) mass is 429 g/mol. The van der Waals surface area contributed by atoms with Gasteiger partial charge in [0.25, 0.3) is 0 Å². The molecule has 0 amide bonds. The Morgan fingerprint density at radius 3 is 2.42 bits per heavy atom. The fraction of sp³-hybridized carbons (Fsp3) is 0.692. The molecule has 5 heteroatoms. The Morgan fingerprint density at radius 2 is 1.77 bits per heavy atom. The van der Waals surface area contributed by atoms with Gasteiger partial charge in [0.05, 0.1) is 17.6 Å². The lowest BCUT2D eigenvalue weighted by atomic mass is 9.80. The van der Waals surface area contributed by atoms with Crippen molar-refractivity contribution in [2.24, 2.45) is 17.8 Å². The smallest absolute Gasteiger partial charge is 0.314 e. The van der Waals surface area contributed by atoms with Crippen molar-refractivity contribution in [1.82, 2.24) is 0 Å². The normalized spacial score (nSPS) is 26.2. The Hall–Kier alpha value is -1.93. The third kappa shape index (κ3) is 7.31. The predicted octanol–water partition coefficient (Wildman–Crippen LogP) is 6.56. The molecule has 2 fully saturated rings. The van der Waals surface area contributed by atoms with Crippen molar-refractivity contribution in [3.63, 3.8) is 0 Å². The Bertz CT molecular complexity index is 744. The van der Waals surface area contributed by atoms with Gasteiger partial charge < -0.3 is 9.47 Å². The fourth-order valence-corrected chi connectivity index (χ4v) is 4.96. The van der Waals surface area contributed by atoms with Crippen LogP contribution in [0, 0.1) is 34.9 Å². The van der Waals surface area contributed by atoms with E-state index >= 15 is 0 Å². The number of nitriles is 1. The molecule has 0 unspecified atom stereocenters. The minimum Gasteiger partial charge on any atom is -0.426 e. The number of benzene rings is 1. The first-order valence-electron chi connectivity index (χ1n) is 12.1. The molecule has 2 saturated carbocycles. The lowest BCUT2D eigenvalue weighted by Crippen LogP contribution is -2.30.